The van der Waals surface area contributed by atoms with Crippen molar-refractivity contribution in [2.24, 2.45) is 5.41 Å². The molecule has 0 saturated carbocycles. The third-order valence-electron chi connectivity index (χ3n) is 4.31. The summed E-state index contributed by atoms with van der Waals surface area (Å²) in [6.45, 7) is 5.50. The van der Waals surface area contributed by atoms with E-state index in [9.17, 15) is 9.90 Å². The topological polar surface area (TPSA) is 49.8 Å². The molecule has 1 N–H and O–H groups in total. The average molecular weight is 227 g/mol. The first-order chi connectivity index (χ1) is 7.68. The van der Waals surface area contributed by atoms with Gasteiger partial charge in [0, 0.05) is 12.6 Å². The van der Waals surface area contributed by atoms with Crippen LogP contribution in [-0.4, -0.2) is 48.3 Å². The quantitative estimate of drug-likeness (QED) is 0.790. The Balaban J connectivity index is 1.92. The monoisotopic (exact) mass is 227 g/mol. The van der Waals surface area contributed by atoms with Gasteiger partial charge in [-0.1, -0.05) is 6.92 Å². The second-order valence-electron chi connectivity index (χ2n) is 4.99. The fraction of sp³-hybridized carbons (Fsp3) is 0.917. The number of hydrogen-bond acceptors (Lipinski definition) is 3. The van der Waals surface area contributed by atoms with Crippen LogP contribution >= 0.6 is 0 Å². The highest BCUT2D eigenvalue weighted by molar-refractivity contribution is 5.74. The Kier molecular flexibility index (Phi) is 3.50. The summed E-state index contributed by atoms with van der Waals surface area (Å²) in [5, 5.41) is 9.30. The van der Waals surface area contributed by atoms with E-state index in [0.29, 0.717) is 6.04 Å². The Morgan fingerprint density at radius 2 is 2.19 bits per heavy atom. The molecule has 0 aromatic carbocycles. The molecule has 4 nitrogen and oxygen atoms in total. The molecule has 0 aliphatic carbocycles. The van der Waals surface area contributed by atoms with Crippen LogP contribution in [0.25, 0.3) is 0 Å². The molecule has 0 amide bonds. The maximum absolute atomic E-state index is 11.3. The van der Waals surface area contributed by atoms with E-state index < -0.39 is 11.4 Å². The van der Waals surface area contributed by atoms with Crippen LogP contribution in [0.15, 0.2) is 0 Å². The minimum atomic E-state index is -0.614. The van der Waals surface area contributed by atoms with E-state index in [2.05, 4.69) is 4.90 Å². The lowest BCUT2D eigenvalue weighted by atomic mass is 9.76. The molecule has 1 atom stereocenters. The maximum atomic E-state index is 11.3. The number of rotatable bonds is 3. The number of piperidine rings is 1. The van der Waals surface area contributed by atoms with Gasteiger partial charge in [0.2, 0.25) is 0 Å². The van der Waals surface area contributed by atoms with Crippen LogP contribution in [0.3, 0.4) is 0 Å². The van der Waals surface area contributed by atoms with E-state index in [0.717, 1.165) is 52.0 Å². The largest absolute Gasteiger partial charge is 0.481 e. The Hall–Kier alpha value is -0.610. The lowest BCUT2D eigenvalue weighted by Gasteiger charge is -2.40. The molecule has 2 heterocycles. The molecule has 2 aliphatic rings. The van der Waals surface area contributed by atoms with Gasteiger partial charge in [-0.15, -0.1) is 0 Å². The van der Waals surface area contributed by atoms with Crippen molar-refractivity contribution in [2.75, 3.05) is 26.3 Å². The van der Waals surface area contributed by atoms with Crippen molar-refractivity contribution in [3.63, 3.8) is 0 Å². The van der Waals surface area contributed by atoms with Gasteiger partial charge in [-0.25, -0.2) is 0 Å². The molecule has 0 aromatic heterocycles. The third-order valence-corrected chi connectivity index (χ3v) is 4.31. The second-order valence-corrected chi connectivity index (χ2v) is 4.99. The van der Waals surface area contributed by atoms with Crippen LogP contribution < -0.4 is 0 Å². The molecule has 0 aromatic rings. The van der Waals surface area contributed by atoms with Crippen LogP contribution in [0.4, 0.5) is 0 Å². The molecule has 2 rings (SSSR count). The normalized spacial score (nSPS) is 30.4. The van der Waals surface area contributed by atoms with Gasteiger partial charge in [-0.3, -0.25) is 9.69 Å². The van der Waals surface area contributed by atoms with Crippen LogP contribution in [0.1, 0.15) is 32.6 Å². The lowest BCUT2D eigenvalue weighted by Crippen LogP contribution is -2.48. The number of carbonyl (C=O) groups is 1. The summed E-state index contributed by atoms with van der Waals surface area (Å²) >= 11 is 0. The molecule has 16 heavy (non-hydrogen) atoms. The van der Waals surface area contributed by atoms with Crippen molar-refractivity contribution in [1.29, 1.82) is 0 Å². The van der Waals surface area contributed by atoms with E-state index >= 15 is 0 Å². The average Bonchev–Trinajstić information content (AvgIpc) is 2.82. The van der Waals surface area contributed by atoms with Gasteiger partial charge >= 0.3 is 5.97 Å². The zero-order chi connectivity index (χ0) is 11.6. The second kappa shape index (κ2) is 4.72. The van der Waals surface area contributed by atoms with Crippen LogP contribution in [-0.2, 0) is 9.53 Å². The Bertz CT molecular complexity index is 253. The number of carboxylic acids is 1. The molecule has 0 bridgehead atoms. The first kappa shape index (κ1) is 11.9. The number of aliphatic carboxylic acids is 1. The first-order valence-corrected chi connectivity index (χ1v) is 6.23. The van der Waals surface area contributed by atoms with Crippen LogP contribution in [0.2, 0.25) is 0 Å². The van der Waals surface area contributed by atoms with Gasteiger partial charge in [-0.05, 0) is 38.8 Å². The molecule has 0 spiro atoms. The van der Waals surface area contributed by atoms with Gasteiger partial charge < -0.3 is 9.84 Å². The minimum absolute atomic E-state index is 0.462. The van der Waals surface area contributed by atoms with Crippen molar-refractivity contribution in [1.82, 2.24) is 4.90 Å². The van der Waals surface area contributed by atoms with Crippen molar-refractivity contribution in [2.45, 2.75) is 38.6 Å². The maximum Gasteiger partial charge on any atom is 0.309 e. The molecule has 2 fully saturated rings. The molecule has 92 valence electrons. The smallest absolute Gasteiger partial charge is 0.309 e. The molecule has 1 unspecified atom stereocenters. The van der Waals surface area contributed by atoms with Crippen LogP contribution in [0, 0.1) is 5.41 Å². The fourth-order valence-electron chi connectivity index (χ4n) is 2.85. The Morgan fingerprint density at radius 1 is 1.50 bits per heavy atom. The summed E-state index contributed by atoms with van der Waals surface area (Å²) in [5.41, 5.74) is -0.462. The summed E-state index contributed by atoms with van der Waals surface area (Å²) in [4.78, 5) is 13.7. The number of carboxylic acid groups (broad SMARTS) is 1. The van der Waals surface area contributed by atoms with E-state index in [4.69, 9.17) is 4.74 Å². The number of hydrogen-bond donors (Lipinski definition) is 1. The van der Waals surface area contributed by atoms with Gasteiger partial charge in [-0.2, -0.15) is 0 Å². The highest BCUT2D eigenvalue weighted by atomic mass is 16.5. The predicted molar refractivity (Wildman–Crippen MR) is 60.4 cm³/mol. The van der Waals surface area contributed by atoms with Crippen molar-refractivity contribution in [3.05, 3.63) is 0 Å². The predicted octanol–water partition coefficient (Wildman–Crippen LogP) is 1.35. The van der Waals surface area contributed by atoms with Crippen molar-refractivity contribution in [3.8, 4) is 0 Å². The van der Waals surface area contributed by atoms with Gasteiger partial charge in [0.1, 0.15) is 0 Å². The van der Waals surface area contributed by atoms with E-state index in [-0.39, 0.29) is 0 Å². The highest BCUT2D eigenvalue weighted by Crippen LogP contribution is 2.36. The summed E-state index contributed by atoms with van der Waals surface area (Å²) in [7, 11) is 0. The number of nitrogens with zero attached hydrogens (tertiary/aromatic N) is 1. The minimum Gasteiger partial charge on any atom is -0.481 e. The lowest BCUT2D eigenvalue weighted by molar-refractivity contribution is -0.152. The zero-order valence-electron chi connectivity index (χ0n) is 9.95. The standard InChI is InChI=1S/C12H21NO3/c1-2-12(11(14)15)4-6-13(7-5-12)10-3-8-16-9-10/h10H,2-9H2,1H3,(H,14,15). The first-order valence-electron chi connectivity index (χ1n) is 6.23. The van der Waals surface area contributed by atoms with Gasteiger partial charge in [0.15, 0.2) is 0 Å². The molecule has 2 aliphatic heterocycles. The van der Waals surface area contributed by atoms with Crippen molar-refractivity contribution >= 4 is 5.97 Å². The molecular formula is C12H21NO3. The molecule has 0 radical (unpaired) electrons. The molecule has 4 heteroatoms. The van der Waals surface area contributed by atoms with Crippen molar-refractivity contribution < 1.29 is 14.6 Å². The summed E-state index contributed by atoms with van der Waals surface area (Å²) in [5.74, 6) is -0.614. The van der Waals surface area contributed by atoms with Gasteiger partial charge in [0.05, 0.1) is 12.0 Å². The number of ether oxygens (including phenoxy) is 1. The van der Waals surface area contributed by atoms with E-state index in [1.54, 1.807) is 0 Å². The fourth-order valence-corrected chi connectivity index (χ4v) is 2.85. The summed E-state index contributed by atoms with van der Waals surface area (Å²) in [6.07, 6.45) is 3.42. The summed E-state index contributed by atoms with van der Waals surface area (Å²) < 4.78 is 5.38. The third kappa shape index (κ3) is 2.09. The Morgan fingerprint density at radius 3 is 2.62 bits per heavy atom. The molecule has 2 saturated heterocycles. The highest BCUT2D eigenvalue weighted by Gasteiger charge is 2.41. The number of likely N-dealkylation sites (tertiary alicyclic amines) is 1. The Labute approximate surface area is 96.6 Å². The zero-order valence-corrected chi connectivity index (χ0v) is 9.95. The van der Waals surface area contributed by atoms with Crippen LogP contribution in [0.5, 0.6) is 0 Å². The summed E-state index contributed by atoms with van der Waals surface area (Å²) in [6, 6.07) is 0.531. The van der Waals surface area contributed by atoms with E-state index in [1.165, 1.54) is 0 Å². The molecular weight excluding hydrogens is 206 g/mol. The van der Waals surface area contributed by atoms with Gasteiger partial charge in [0.25, 0.3) is 0 Å². The van der Waals surface area contributed by atoms with E-state index in [1.807, 2.05) is 6.92 Å². The SMILES string of the molecule is CCC1(C(=O)O)CCN(C2CCOC2)CC1.